The Bertz CT molecular complexity index is 436. The van der Waals surface area contributed by atoms with E-state index in [0.29, 0.717) is 6.04 Å². The van der Waals surface area contributed by atoms with Crippen molar-refractivity contribution in [3.8, 4) is 0 Å². The third kappa shape index (κ3) is 4.32. The van der Waals surface area contributed by atoms with E-state index in [4.69, 9.17) is 5.11 Å². The van der Waals surface area contributed by atoms with E-state index < -0.39 is 5.97 Å². The molecule has 2 rings (SSSR count). The molecule has 1 N–H and O–H groups in total. The van der Waals surface area contributed by atoms with E-state index in [-0.39, 0.29) is 6.42 Å². The molecule has 19 heavy (non-hydrogen) atoms. The van der Waals surface area contributed by atoms with Crippen molar-refractivity contribution in [2.75, 3.05) is 13.1 Å². The van der Waals surface area contributed by atoms with Crippen molar-refractivity contribution in [2.45, 2.75) is 38.1 Å². The number of unbranched alkanes of at least 4 members (excludes halogenated alkanes) is 1. The Morgan fingerprint density at radius 2 is 2.26 bits per heavy atom. The van der Waals surface area contributed by atoms with E-state index in [9.17, 15) is 4.79 Å². The lowest BCUT2D eigenvalue weighted by Crippen LogP contribution is -2.24. The maximum atomic E-state index is 10.5. The van der Waals surface area contributed by atoms with Crippen LogP contribution in [0.25, 0.3) is 0 Å². The average Bonchev–Trinajstić information content (AvgIpc) is 2.83. The zero-order valence-corrected chi connectivity index (χ0v) is 12.6. The molecule has 0 aliphatic carbocycles. The molecule has 0 saturated carbocycles. The van der Waals surface area contributed by atoms with Crippen molar-refractivity contribution in [2.24, 2.45) is 0 Å². The van der Waals surface area contributed by atoms with Crippen LogP contribution in [0.15, 0.2) is 28.7 Å². The molecule has 1 aliphatic rings. The molecule has 1 unspecified atom stereocenters. The second-order valence-corrected chi connectivity index (χ2v) is 6.02. The molecule has 0 aromatic heterocycles. The van der Waals surface area contributed by atoms with E-state index in [1.54, 1.807) is 0 Å². The molecule has 3 nitrogen and oxygen atoms in total. The van der Waals surface area contributed by atoms with E-state index in [2.05, 4.69) is 45.1 Å². The molecule has 1 aliphatic heterocycles. The number of carbonyl (C=O) groups is 1. The highest BCUT2D eigenvalue weighted by Crippen LogP contribution is 2.33. The quantitative estimate of drug-likeness (QED) is 0.808. The maximum Gasteiger partial charge on any atom is 0.303 e. The van der Waals surface area contributed by atoms with Crippen molar-refractivity contribution < 1.29 is 9.90 Å². The van der Waals surface area contributed by atoms with E-state index in [0.717, 1.165) is 30.4 Å². The van der Waals surface area contributed by atoms with Crippen LogP contribution in [0, 0.1) is 0 Å². The fourth-order valence-corrected chi connectivity index (χ4v) is 3.19. The molecule has 1 atom stereocenters. The van der Waals surface area contributed by atoms with Crippen LogP contribution in [0.5, 0.6) is 0 Å². The van der Waals surface area contributed by atoms with Crippen LogP contribution in [-0.4, -0.2) is 29.1 Å². The first-order chi connectivity index (χ1) is 9.16. The van der Waals surface area contributed by atoms with Crippen LogP contribution in [0.3, 0.4) is 0 Å². The summed E-state index contributed by atoms with van der Waals surface area (Å²) in [6.45, 7) is 2.13. The number of aliphatic carboxylic acids is 1. The van der Waals surface area contributed by atoms with Gasteiger partial charge < -0.3 is 5.11 Å². The standard InChI is InChI=1S/C15H20BrNO2/c16-13-6-3-5-12(11-13)14-7-4-10-17(14)9-2-1-8-15(18)19/h3,5-6,11,14H,1-2,4,7-10H2,(H,18,19). The molecule has 1 saturated heterocycles. The molecular weight excluding hydrogens is 306 g/mol. The third-order valence-electron chi connectivity index (χ3n) is 3.68. The van der Waals surface area contributed by atoms with Crippen LogP contribution >= 0.6 is 15.9 Å². The topological polar surface area (TPSA) is 40.5 Å². The van der Waals surface area contributed by atoms with Crippen LogP contribution in [0.2, 0.25) is 0 Å². The van der Waals surface area contributed by atoms with Gasteiger partial charge in [0.2, 0.25) is 0 Å². The molecule has 0 amide bonds. The highest BCUT2D eigenvalue weighted by molar-refractivity contribution is 9.10. The van der Waals surface area contributed by atoms with Crippen LogP contribution in [0.1, 0.15) is 43.7 Å². The van der Waals surface area contributed by atoms with Crippen LogP contribution < -0.4 is 0 Å². The summed E-state index contributed by atoms with van der Waals surface area (Å²) in [4.78, 5) is 13.0. The average molecular weight is 326 g/mol. The summed E-state index contributed by atoms with van der Waals surface area (Å²) in [6, 6.07) is 9.02. The molecule has 104 valence electrons. The Morgan fingerprint density at radius 3 is 3.00 bits per heavy atom. The van der Waals surface area contributed by atoms with Gasteiger partial charge in [0.15, 0.2) is 0 Å². The summed E-state index contributed by atoms with van der Waals surface area (Å²) < 4.78 is 1.13. The predicted molar refractivity (Wildman–Crippen MR) is 79.2 cm³/mol. The van der Waals surface area contributed by atoms with Gasteiger partial charge in [-0.2, -0.15) is 0 Å². The Kier molecular flexibility index (Phi) is 5.40. The molecule has 4 heteroatoms. The van der Waals surface area contributed by atoms with Crippen molar-refractivity contribution in [3.05, 3.63) is 34.3 Å². The number of rotatable bonds is 6. The number of hydrogen-bond donors (Lipinski definition) is 1. The lowest BCUT2D eigenvalue weighted by Gasteiger charge is -2.24. The first-order valence-corrected chi connectivity index (χ1v) is 7.67. The highest BCUT2D eigenvalue weighted by atomic mass is 79.9. The van der Waals surface area contributed by atoms with Crippen LogP contribution in [-0.2, 0) is 4.79 Å². The van der Waals surface area contributed by atoms with Crippen molar-refractivity contribution >= 4 is 21.9 Å². The van der Waals surface area contributed by atoms with Crippen molar-refractivity contribution in [1.82, 2.24) is 4.90 Å². The van der Waals surface area contributed by atoms with E-state index >= 15 is 0 Å². The van der Waals surface area contributed by atoms with Gasteiger partial charge in [0, 0.05) is 16.9 Å². The third-order valence-corrected chi connectivity index (χ3v) is 4.18. The highest BCUT2D eigenvalue weighted by Gasteiger charge is 2.25. The van der Waals surface area contributed by atoms with Gasteiger partial charge in [-0.25, -0.2) is 0 Å². The summed E-state index contributed by atoms with van der Waals surface area (Å²) in [5.74, 6) is -0.690. The lowest BCUT2D eigenvalue weighted by atomic mass is 10.0. The van der Waals surface area contributed by atoms with Gasteiger partial charge in [-0.1, -0.05) is 28.1 Å². The normalized spacial score (nSPS) is 19.7. The first-order valence-electron chi connectivity index (χ1n) is 6.88. The Balaban J connectivity index is 1.88. The smallest absolute Gasteiger partial charge is 0.303 e. The minimum absolute atomic E-state index is 0.287. The van der Waals surface area contributed by atoms with Crippen molar-refractivity contribution in [3.63, 3.8) is 0 Å². The monoisotopic (exact) mass is 325 g/mol. The van der Waals surface area contributed by atoms with Gasteiger partial charge in [0.1, 0.15) is 0 Å². The summed E-state index contributed by atoms with van der Waals surface area (Å²) in [5, 5.41) is 8.65. The molecule has 1 heterocycles. The number of hydrogen-bond acceptors (Lipinski definition) is 2. The Labute approximate surface area is 122 Å². The zero-order valence-electron chi connectivity index (χ0n) is 11.0. The van der Waals surface area contributed by atoms with Gasteiger partial charge in [-0.3, -0.25) is 9.69 Å². The van der Waals surface area contributed by atoms with Crippen LogP contribution in [0.4, 0.5) is 0 Å². The number of carboxylic acid groups (broad SMARTS) is 1. The largest absolute Gasteiger partial charge is 0.481 e. The molecule has 1 fully saturated rings. The van der Waals surface area contributed by atoms with Gasteiger partial charge in [0.25, 0.3) is 0 Å². The minimum Gasteiger partial charge on any atom is -0.481 e. The Morgan fingerprint density at radius 1 is 1.42 bits per heavy atom. The molecule has 1 aromatic rings. The van der Waals surface area contributed by atoms with Gasteiger partial charge in [-0.15, -0.1) is 0 Å². The summed E-state index contributed by atoms with van der Waals surface area (Å²) in [6.07, 6.45) is 4.47. The SMILES string of the molecule is O=C(O)CCCCN1CCCC1c1cccc(Br)c1. The molecule has 1 aromatic carbocycles. The second kappa shape index (κ2) is 7.06. The molecule has 0 spiro atoms. The fourth-order valence-electron chi connectivity index (χ4n) is 2.78. The first kappa shape index (κ1) is 14.5. The number of benzene rings is 1. The molecule has 0 bridgehead atoms. The summed E-state index contributed by atoms with van der Waals surface area (Å²) >= 11 is 3.53. The van der Waals surface area contributed by atoms with Gasteiger partial charge in [0.05, 0.1) is 0 Å². The fraction of sp³-hybridized carbons (Fsp3) is 0.533. The minimum atomic E-state index is -0.690. The van der Waals surface area contributed by atoms with E-state index in [1.807, 2.05) is 0 Å². The number of carboxylic acids is 1. The number of halogens is 1. The number of likely N-dealkylation sites (tertiary alicyclic amines) is 1. The summed E-state index contributed by atoms with van der Waals surface area (Å²) in [5.41, 5.74) is 1.37. The predicted octanol–water partition coefficient (Wildman–Crippen LogP) is 3.84. The molecular formula is C15H20BrNO2. The second-order valence-electron chi connectivity index (χ2n) is 5.10. The lowest BCUT2D eigenvalue weighted by molar-refractivity contribution is -0.137. The van der Waals surface area contributed by atoms with Gasteiger partial charge in [-0.05, 0) is 56.5 Å². The number of nitrogens with zero attached hydrogens (tertiary/aromatic N) is 1. The summed E-state index contributed by atoms with van der Waals surface area (Å²) in [7, 11) is 0. The maximum absolute atomic E-state index is 10.5. The molecule has 0 radical (unpaired) electrons. The van der Waals surface area contributed by atoms with Crippen molar-refractivity contribution in [1.29, 1.82) is 0 Å². The van der Waals surface area contributed by atoms with E-state index in [1.165, 1.54) is 18.4 Å². The zero-order chi connectivity index (χ0) is 13.7. The van der Waals surface area contributed by atoms with Gasteiger partial charge >= 0.3 is 5.97 Å². The Hall–Kier alpha value is -0.870.